The number of imidazole rings is 1. The molecule has 0 spiro atoms. The van der Waals surface area contributed by atoms with E-state index < -0.39 is 11.7 Å². The van der Waals surface area contributed by atoms with Crippen LogP contribution in [0.1, 0.15) is 0 Å². The number of halogens is 1. The molecule has 2 heterocycles. The van der Waals surface area contributed by atoms with Crippen molar-refractivity contribution in [3.8, 4) is 0 Å². The van der Waals surface area contributed by atoms with Crippen molar-refractivity contribution in [1.82, 2.24) is 24.0 Å². The van der Waals surface area contributed by atoms with Crippen LogP contribution in [0, 0.1) is 0 Å². The Hall–Kier alpha value is -1.89. The Balaban J connectivity index is 2.87. The predicted molar refractivity (Wildman–Crippen MR) is 62.3 cm³/mol. The van der Waals surface area contributed by atoms with E-state index in [1.807, 2.05) is 0 Å². The summed E-state index contributed by atoms with van der Waals surface area (Å²) in [6, 6.07) is -0.477. The van der Waals surface area contributed by atoms with E-state index in [0.717, 1.165) is 4.57 Å². The number of hydrogen-bond acceptors (Lipinski definition) is 4. The van der Waals surface area contributed by atoms with E-state index in [1.54, 1.807) is 21.1 Å². The third kappa shape index (κ3) is 1.68. The molecule has 90 valence electrons. The van der Waals surface area contributed by atoms with Gasteiger partial charge in [-0.1, -0.05) is 0 Å². The molecule has 0 aliphatic rings. The summed E-state index contributed by atoms with van der Waals surface area (Å²) in [6.45, 7) is 0. The SMILES string of the molecule is CN(C)C(=O)n1c(=O)n(C)c2cnc(Cl)nc21. The van der Waals surface area contributed by atoms with Gasteiger partial charge in [0.1, 0.15) is 5.52 Å². The highest BCUT2D eigenvalue weighted by atomic mass is 35.5. The van der Waals surface area contributed by atoms with Crippen molar-refractivity contribution in [3.05, 3.63) is 22.0 Å². The van der Waals surface area contributed by atoms with Crippen molar-refractivity contribution < 1.29 is 4.79 Å². The molecule has 0 aliphatic carbocycles. The Morgan fingerprint density at radius 2 is 2.12 bits per heavy atom. The maximum absolute atomic E-state index is 11.9. The van der Waals surface area contributed by atoms with Crippen LogP contribution in [0.25, 0.3) is 11.2 Å². The van der Waals surface area contributed by atoms with Crippen LogP contribution in [-0.4, -0.2) is 44.1 Å². The van der Waals surface area contributed by atoms with Crippen molar-refractivity contribution >= 4 is 28.8 Å². The number of fused-ring (bicyclic) bond motifs is 1. The molecule has 0 bridgehead atoms. The second-order valence-electron chi connectivity index (χ2n) is 3.70. The standard InChI is InChI=1S/C9H10ClN5O2/c1-13(2)8(16)15-6-5(14(3)9(15)17)4-11-7(10)12-6/h4H,1-3H3. The van der Waals surface area contributed by atoms with Crippen LogP contribution in [-0.2, 0) is 7.05 Å². The van der Waals surface area contributed by atoms with Crippen molar-refractivity contribution in [2.75, 3.05) is 14.1 Å². The van der Waals surface area contributed by atoms with E-state index in [0.29, 0.717) is 5.52 Å². The van der Waals surface area contributed by atoms with E-state index in [-0.39, 0.29) is 10.9 Å². The Kier molecular flexibility index (Phi) is 2.62. The zero-order valence-electron chi connectivity index (χ0n) is 9.51. The summed E-state index contributed by atoms with van der Waals surface area (Å²) < 4.78 is 2.26. The number of carbonyl (C=O) groups is 1. The highest BCUT2D eigenvalue weighted by Crippen LogP contribution is 2.11. The molecule has 0 radical (unpaired) electrons. The van der Waals surface area contributed by atoms with Crippen LogP contribution in [0.2, 0.25) is 5.28 Å². The van der Waals surface area contributed by atoms with Crippen molar-refractivity contribution in [1.29, 1.82) is 0 Å². The van der Waals surface area contributed by atoms with E-state index in [4.69, 9.17) is 11.6 Å². The average Bonchev–Trinajstić information content (AvgIpc) is 2.50. The van der Waals surface area contributed by atoms with E-state index in [2.05, 4.69) is 9.97 Å². The normalized spacial score (nSPS) is 10.8. The number of aromatic nitrogens is 4. The number of rotatable bonds is 0. The van der Waals surface area contributed by atoms with Gasteiger partial charge in [0.15, 0.2) is 5.65 Å². The van der Waals surface area contributed by atoms with Gasteiger partial charge in [-0.3, -0.25) is 4.57 Å². The molecule has 0 N–H and O–H groups in total. The fourth-order valence-electron chi connectivity index (χ4n) is 1.46. The number of hydrogen-bond donors (Lipinski definition) is 0. The number of amides is 1. The van der Waals surface area contributed by atoms with Gasteiger partial charge in [0, 0.05) is 21.1 Å². The van der Waals surface area contributed by atoms with Crippen LogP contribution in [0.15, 0.2) is 11.0 Å². The Labute approximate surface area is 101 Å². The first-order valence-corrected chi connectivity index (χ1v) is 5.13. The molecule has 2 rings (SSSR count). The third-order valence-electron chi connectivity index (χ3n) is 2.35. The molecule has 8 heteroatoms. The second-order valence-corrected chi connectivity index (χ2v) is 4.04. The second kappa shape index (κ2) is 3.85. The predicted octanol–water partition coefficient (Wildman–Crippen LogP) is 0.313. The van der Waals surface area contributed by atoms with Crippen LogP contribution in [0.3, 0.4) is 0 Å². The lowest BCUT2D eigenvalue weighted by Crippen LogP contribution is -2.35. The van der Waals surface area contributed by atoms with Crippen LogP contribution in [0.4, 0.5) is 4.79 Å². The first-order chi connectivity index (χ1) is 7.93. The van der Waals surface area contributed by atoms with E-state index >= 15 is 0 Å². The van der Waals surface area contributed by atoms with Gasteiger partial charge in [-0.05, 0) is 11.6 Å². The van der Waals surface area contributed by atoms with Crippen LogP contribution < -0.4 is 5.69 Å². The topological polar surface area (TPSA) is 73.0 Å². The number of carbonyl (C=O) groups excluding carboxylic acids is 1. The summed E-state index contributed by atoms with van der Waals surface area (Å²) in [4.78, 5) is 32.8. The minimum absolute atomic E-state index is 0.0107. The van der Waals surface area contributed by atoms with Gasteiger partial charge in [-0.25, -0.2) is 14.6 Å². The van der Waals surface area contributed by atoms with Gasteiger partial charge in [0.05, 0.1) is 6.20 Å². The van der Waals surface area contributed by atoms with Gasteiger partial charge in [0.2, 0.25) is 5.28 Å². The van der Waals surface area contributed by atoms with Crippen LogP contribution >= 0.6 is 11.6 Å². The maximum atomic E-state index is 11.9. The maximum Gasteiger partial charge on any atom is 0.338 e. The summed E-state index contributed by atoms with van der Waals surface area (Å²) in [5, 5.41) is -0.0107. The monoisotopic (exact) mass is 255 g/mol. The summed E-state index contributed by atoms with van der Waals surface area (Å²) in [7, 11) is 4.65. The largest absolute Gasteiger partial charge is 0.338 e. The van der Waals surface area contributed by atoms with Crippen molar-refractivity contribution in [3.63, 3.8) is 0 Å². The lowest BCUT2D eigenvalue weighted by Gasteiger charge is -2.09. The Bertz CT molecular complexity index is 657. The zero-order chi connectivity index (χ0) is 12.7. The van der Waals surface area contributed by atoms with Crippen molar-refractivity contribution in [2.24, 2.45) is 7.05 Å². The van der Waals surface area contributed by atoms with Gasteiger partial charge in [-0.15, -0.1) is 0 Å². The van der Waals surface area contributed by atoms with Gasteiger partial charge >= 0.3 is 11.7 Å². The summed E-state index contributed by atoms with van der Waals surface area (Å²) in [5.74, 6) is 0. The van der Waals surface area contributed by atoms with Gasteiger partial charge in [-0.2, -0.15) is 9.55 Å². The molecule has 2 aromatic rings. The summed E-state index contributed by atoms with van der Waals surface area (Å²) >= 11 is 5.66. The molecule has 0 aliphatic heterocycles. The van der Waals surface area contributed by atoms with E-state index in [1.165, 1.54) is 15.7 Å². The van der Waals surface area contributed by atoms with E-state index in [9.17, 15) is 9.59 Å². The van der Waals surface area contributed by atoms with Gasteiger partial charge in [0.25, 0.3) is 0 Å². The van der Waals surface area contributed by atoms with Crippen LogP contribution in [0.5, 0.6) is 0 Å². The minimum Gasteiger partial charge on any atom is -0.330 e. The quantitative estimate of drug-likeness (QED) is 0.635. The minimum atomic E-state index is -0.477. The molecule has 7 nitrogen and oxygen atoms in total. The molecule has 0 saturated carbocycles. The molecule has 1 amide bonds. The Morgan fingerprint density at radius 1 is 1.47 bits per heavy atom. The molecular formula is C9H10ClN5O2. The highest BCUT2D eigenvalue weighted by molar-refractivity contribution is 6.28. The molecule has 0 saturated heterocycles. The molecule has 2 aromatic heterocycles. The van der Waals surface area contributed by atoms with Gasteiger partial charge < -0.3 is 4.90 Å². The first-order valence-electron chi connectivity index (χ1n) is 4.75. The molecule has 0 unspecified atom stereocenters. The number of nitrogens with zero attached hydrogens (tertiary/aromatic N) is 5. The van der Waals surface area contributed by atoms with Crippen molar-refractivity contribution in [2.45, 2.75) is 0 Å². The highest BCUT2D eigenvalue weighted by Gasteiger charge is 2.19. The fraction of sp³-hybridized carbons (Fsp3) is 0.333. The summed E-state index contributed by atoms with van der Waals surface area (Å²) in [6.07, 6.45) is 1.41. The lowest BCUT2D eigenvalue weighted by molar-refractivity contribution is 0.219. The molecule has 0 fully saturated rings. The smallest absolute Gasteiger partial charge is 0.330 e. The fourth-order valence-corrected chi connectivity index (χ4v) is 1.59. The molecule has 17 heavy (non-hydrogen) atoms. The summed E-state index contributed by atoms with van der Waals surface area (Å²) in [5.41, 5.74) is 0.182. The first kappa shape index (κ1) is 11.6. The zero-order valence-corrected chi connectivity index (χ0v) is 10.3. The molecular weight excluding hydrogens is 246 g/mol. The number of aryl methyl sites for hydroxylation is 1. The molecule has 0 atom stereocenters. The molecule has 0 aromatic carbocycles. The Morgan fingerprint density at radius 3 is 2.71 bits per heavy atom. The average molecular weight is 256 g/mol. The lowest BCUT2D eigenvalue weighted by atomic mass is 10.5. The third-order valence-corrected chi connectivity index (χ3v) is 2.53.